The van der Waals surface area contributed by atoms with E-state index >= 15 is 0 Å². The highest BCUT2D eigenvalue weighted by molar-refractivity contribution is 7.99. The molecule has 1 amide bonds. The third kappa shape index (κ3) is 3.85. The fourth-order valence-electron chi connectivity index (χ4n) is 2.00. The molecule has 1 aliphatic rings. The third-order valence-corrected chi connectivity index (χ3v) is 4.09. The summed E-state index contributed by atoms with van der Waals surface area (Å²) in [6.45, 7) is 7.32. The van der Waals surface area contributed by atoms with Gasteiger partial charge in [-0.05, 0) is 18.6 Å². The second-order valence-corrected chi connectivity index (χ2v) is 5.76. The SMILES string of the molecule is C=C(C)COCCNC(=O)C1CSc2ccccc21. The standard InChI is InChI=1S/C15H19NO2S/c1-11(2)9-18-8-7-16-15(17)13-10-19-14-6-4-3-5-12(13)14/h3-6,13H,1,7-10H2,2H3,(H,16,17). The maximum Gasteiger partial charge on any atom is 0.228 e. The van der Waals surface area contributed by atoms with Crippen molar-refractivity contribution < 1.29 is 9.53 Å². The normalized spacial score (nSPS) is 17.0. The van der Waals surface area contributed by atoms with Crippen LogP contribution in [0.5, 0.6) is 0 Å². The molecule has 1 unspecified atom stereocenters. The predicted octanol–water partition coefficient (Wildman–Crippen LogP) is 2.58. The van der Waals surface area contributed by atoms with E-state index in [4.69, 9.17) is 4.74 Å². The first kappa shape index (κ1) is 14.2. The first-order valence-corrected chi connectivity index (χ1v) is 7.38. The summed E-state index contributed by atoms with van der Waals surface area (Å²) in [6, 6.07) is 8.11. The molecule has 0 fully saturated rings. The van der Waals surface area contributed by atoms with Gasteiger partial charge < -0.3 is 10.1 Å². The predicted molar refractivity (Wildman–Crippen MR) is 78.5 cm³/mol. The Morgan fingerprint density at radius 2 is 2.32 bits per heavy atom. The molecule has 0 saturated carbocycles. The van der Waals surface area contributed by atoms with Gasteiger partial charge in [0.05, 0.1) is 19.1 Å². The lowest BCUT2D eigenvalue weighted by Gasteiger charge is -2.11. The van der Waals surface area contributed by atoms with Crippen molar-refractivity contribution in [2.75, 3.05) is 25.5 Å². The molecule has 0 spiro atoms. The highest BCUT2D eigenvalue weighted by Gasteiger charge is 2.28. The van der Waals surface area contributed by atoms with Crippen LogP contribution < -0.4 is 5.32 Å². The summed E-state index contributed by atoms with van der Waals surface area (Å²) < 4.78 is 5.36. The number of amides is 1. The molecule has 1 aromatic carbocycles. The molecule has 2 rings (SSSR count). The maximum absolute atomic E-state index is 12.1. The minimum atomic E-state index is -0.0256. The van der Waals surface area contributed by atoms with E-state index in [0.717, 1.165) is 16.9 Å². The van der Waals surface area contributed by atoms with Gasteiger partial charge >= 0.3 is 0 Å². The van der Waals surface area contributed by atoms with E-state index in [-0.39, 0.29) is 11.8 Å². The maximum atomic E-state index is 12.1. The minimum absolute atomic E-state index is 0.0256. The summed E-state index contributed by atoms with van der Waals surface area (Å²) in [5.41, 5.74) is 2.14. The zero-order chi connectivity index (χ0) is 13.7. The van der Waals surface area contributed by atoms with Gasteiger partial charge in [-0.3, -0.25) is 4.79 Å². The number of rotatable bonds is 6. The van der Waals surface area contributed by atoms with Gasteiger partial charge in [-0.1, -0.05) is 30.4 Å². The van der Waals surface area contributed by atoms with Crippen LogP contribution in [0, 0.1) is 0 Å². The molecular formula is C15H19NO2S. The lowest BCUT2D eigenvalue weighted by atomic mass is 10.0. The number of thioether (sulfide) groups is 1. The number of ether oxygens (including phenoxy) is 1. The van der Waals surface area contributed by atoms with Gasteiger partial charge in [-0.25, -0.2) is 0 Å². The van der Waals surface area contributed by atoms with Crippen LogP contribution in [-0.4, -0.2) is 31.4 Å². The van der Waals surface area contributed by atoms with Crippen molar-refractivity contribution in [2.24, 2.45) is 0 Å². The summed E-state index contributed by atoms with van der Waals surface area (Å²) in [5.74, 6) is 0.899. The highest BCUT2D eigenvalue weighted by Crippen LogP contribution is 2.39. The van der Waals surface area contributed by atoms with E-state index in [1.807, 2.05) is 25.1 Å². The number of hydrogen-bond donors (Lipinski definition) is 1. The largest absolute Gasteiger partial charge is 0.375 e. The van der Waals surface area contributed by atoms with Crippen LogP contribution in [0.1, 0.15) is 18.4 Å². The molecule has 1 aliphatic heterocycles. The van der Waals surface area contributed by atoms with Gasteiger partial charge in [0.25, 0.3) is 0 Å². The van der Waals surface area contributed by atoms with Crippen molar-refractivity contribution in [1.29, 1.82) is 0 Å². The fourth-order valence-corrected chi connectivity index (χ4v) is 3.22. The zero-order valence-corrected chi connectivity index (χ0v) is 12.0. The number of nitrogens with one attached hydrogen (secondary N) is 1. The van der Waals surface area contributed by atoms with Crippen molar-refractivity contribution in [1.82, 2.24) is 5.32 Å². The molecule has 19 heavy (non-hydrogen) atoms. The van der Waals surface area contributed by atoms with Crippen molar-refractivity contribution >= 4 is 17.7 Å². The molecule has 0 bridgehead atoms. The Labute approximate surface area is 118 Å². The Morgan fingerprint density at radius 1 is 1.53 bits per heavy atom. The van der Waals surface area contributed by atoms with Crippen molar-refractivity contribution in [3.05, 3.63) is 42.0 Å². The van der Waals surface area contributed by atoms with Crippen LogP contribution in [0.15, 0.2) is 41.3 Å². The van der Waals surface area contributed by atoms with E-state index in [9.17, 15) is 4.79 Å². The van der Waals surface area contributed by atoms with E-state index in [2.05, 4.69) is 18.0 Å². The highest BCUT2D eigenvalue weighted by atomic mass is 32.2. The molecule has 3 nitrogen and oxygen atoms in total. The average Bonchev–Trinajstić information content (AvgIpc) is 2.81. The summed E-state index contributed by atoms with van der Waals surface area (Å²) in [5, 5.41) is 2.93. The molecule has 4 heteroatoms. The fraction of sp³-hybridized carbons (Fsp3) is 0.400. The van der Waals surface area contributed by atoms with Crippen molar-refractivity contribution in [3.63, 3.8) is 0 Å². The third-order valence-electron chi connectivity index (χ3n) is 2.91. The number of fused-ring (bicyclic) bond motifs is 1. The van der Waals surface area contributed by atoms with E-state index in [0.29, 0.717) is 19.8 Å². The zero-order valence-electron chi connectivity index (χ0n) is 11.1. The monoisotopic (exact) mass is 277 g/mol. The number of carbonyl (C=O) groups excluding carboxylic acids is 1. The lowest BCUT2D eigenvalue weighted by molar-refractivity contribution is -0.122. The molecule has 1 heterocycles. The Bertz CT molecular complexity index is 473. The Hall–Kier alpha value is -1.26. The number of benzene rings is 1. The summed E-state index contributed by atoms with van der Waals surface area (Å²) in [4.78, 5) is 13.3. The summed E-state index contributed by atoms with van der Waals surface area (Å²) in [7, 11) is 0. The van der Waals surface area contributed by atoms with E-state index < -0.39 is 0 Å². The number of hydrogen-bond acceptors (Lipinski definition) is 3. The van der Waals surface area contributed by atoms with Crippen LogP contribution in [-0.2, 0) is 9.53 Å². The smallest absolute Gasteiger partial charge is 0.228 e. The molecular weight excluding hydrogens is 258 g/mol. The second kappa shape index (κ2) is 6.78. The van der Waals surface area contributed by atoms with Gasteiger partial charge in [0.1, 0.15) is 0 Å². The molecule has 1 atom stereocenters. The quantitative estimate of drug-likeness (QED) is 0.641. The average molecular weight is 277 g/mol. The summed E-state index contributed by atoms with van der Waals surface area (Å²) >= 11 is 1.75. The van der Waals surface area contributed by atoms with Crippen LogP contribution in [0.3, 0.4) is 0 Å². The molecule has 0 aromatic heterocycles. The van der Waals surface area contributed by atoms with Gasteiger partial charge in [-0.2, -0.15) is 0 Å². The van der Waals surface area contributed by atoms with E-state index in [1.54, 1.807) is 11.8 Å². The first-order chi connectivity index (χ1) is 9.18. The van der Waals surface area contributed by atoms with Gasteiger partial charge in [0.2, 0.25) is 5.91 Å². The van der Waals surface area contributed by atoms with Gasteiger partial charge in [0, 0.05) is 17.2 Å². The minimum Gasteiger partial charge on any atom is -0.375 e. The van der Waals surface area contributed by atoms with Gasteiger partial charge in [0.15, 0.2) is 0 Å². The molecule has 1 aromatic rings. The molecule has 0 radical (unpaired) electrons. The second-order valence-electron chi connectivity index (χ2n) is 4.70. The lowest BCUT2D eigenvalue weighted by Crippen LogP contribution is -2.32. The molecule has 102 valence electrons. The molecule has 1 N–H and O–H groups in total. The van der Waals surface area contributed by atoms with Crippen LogP contribution >= 0.6 is 11.8 Å². The summed E-state index contributed by atoms with van der Waals surface area (Å²) in [6.07, 6.45) is 0. The van der Waals surface area contributed by atoms with Crippen molar-refractivity contribution in [2.45, 2.75) is 17.7 Å². The first-order valence-electron chi connectivity index (χ1n) is 6.40. The Morgan fingerprint density at radius 3 is 3.11 bits per heavy atom. The van der Waals surface area contributed by atoms with Crippen LogP contribution in [0.25, 0.3) is 0 Å². The topological polar surface area (TPSA) is 38.3 Å². The Balaban J connectivity index is 1.77. The Kier molecular flexibility index (Phi) is 5.05. The number of carbonyl (C=O) groups is 1. The van der Waals surface area contributed by atoms with Crippen LogP contribution in [0.4, 0.5) is 0 Å². The molecule has 0 aliphatic carbocycles. The van der Waals surface area contributed by atoms with Crippen LogP contribution in [0.2, 0.25) is 0 Å². The van der Waals surface area contributed by atoms with Crippen molar-refractivity contribution in [3.8, 4) is 0 Å². The van der Waals surface area contributed by atoms with E-state index in [1.165, 1.54) is 4.90 Å². The molecule has 0 saturated heterocycles. The van der Waals surface area contributed by atoms with Gasteiger partial charge in [-0.15, -0.1) is 11.8 Å².